The highest BCUT2D eigenvalue weighted by molar-refractivity contribution is 5.87. The number of methoxy groups -OCH3 is 1. The molecule has 43 heavy (non-hydrogen) atoms. The van der Waals surface area contributed by atoms with E-state index in [1.165, 1.54) is 6.92 Å². The first-order valence-corrected chi connectivity index (χ1v) is 15.5. The minimum absolute atomic E-state index is 0.0741. The van der Waals surface area contributed by atoms with Crippen LogP contribution in [0.5, 0.6) is 0 Å². The predicted molar refractivity (Wildman–Crippen MR) is 156 cm³/mol. The maximum Gasteiger partial charge on any atom is 0.333 e. The third kappa shape index (κ3) is 4.25. The molecule has 12 atom stereocenters. The van der Waals surface area contributed by atoms with E-state index in [0.29, 0.717) is 31.4 Å². The second kappa shape index (κ2) is 10.6. The number of allylic oxidation sites excluding steroid dienone is 2. The Morgan fingerprint density at radius 1 is 1.09 bits per heavy atom. The molecule has 0 amide bonds. The lowest BCUT2D eigenvalue weighted by atomic mass is 9.39. The van der Waals surface area contributed by atoms with E-state index in [0.717, 1.165) is 16.7 Å². The molecule has 6 rings (SSSR count). The average molecular weight is 599 g/mol. The van der Waals surface area contributed by atoms with E-state index in [1.54, 1.807) is 32.6 Å². The fourth-order valence-electron chi connectivity index (χ4n) is 10.1. The lowest BCUT2D eigenvalue weighted by Gasteiger charge is -2.66. The van der Waals surface area contributed by atoms with E-state index < -0.39 is 58.9 Å². The molecule has 0 radical (unpaired) electrons. The molecule has 0 bridgehead atoms. The first-order chi connectivity index (χ1) is 20.3. The van der Waals surface area contributed by atoms with Crippen molar-refractivity contribution < 1.29 is 42.8 Å². The van der Waals surface area contributed by atoms with Crippen molar-refractivity contribution in [3.8, 4) is 0 Å². The zero-order chi connectivity index (χ0) is 31.1. The van der Waals surface area contributed by atoms with Crippen LogP contribution in [0.3, 0.4) is 0 Å². The minimum atomic E-state index is -0.878. The number of aliphatic hydroxyl groups is 1. The topological polar surface area (TPSA) is 114 Å². The quantitative estimate of drug-likeness (QED) is 0.282. The van der Waals surface area contributed by atoms with Crippen LogP contribution in [0.2, 0.25) is 0 Å². The molecule has 4 fully saturated rings. The Hall–Kier alpha value is -2.46. The van der Waals surface area contributed by atoms with Gasteiger partial charge in [0.05, 0.1) is 37.4 Å². The molecule has 2 aliphatic heterocycles. The van der Waals surface area contributed by atoms with Gasteiger partial charge in [-0.2, -0.15) is 0 Å². The number of esters is 2. The molecule has 2 saturated heterocycles. The van der Waals surface area contributed by atoms with Gasteiger partial charge in [0.2, 0.25) is 0 Å². The van der Waals surface area contributed by atoms with Crippen LogP contribution in [0.4, 0.5) is 0 Å². The Morgan fingerprint density at radius 3 is 2.47 bits per heavy atom. The number of hydrogen-bond acceptors (Lipinski definition) is 9. The van der Waals surface area contributed by atoms with Crippen LogP contribution in [0, 0.1) is 28.1 Å². The fraction of sp³-hybridized carbons (Fsp3) is 0.706. The number of fused-ring (bicyclic) bond motifs is 4. The van der Waals surface area contributed by atoms with Crippen LogP contribution in [0.15, 0.2) is 45.8 Å². The van der Waals surface area contributed by atoms with E-state index in [9.17, 15) is 14.7 Å². The van der Waals surface area contributed by atoms with E-state index in [4.69, 9.17) is 28.1 Å². The third-order valence-corrected chi connectivity index (χ3v) is 12.1. The highest BCUT2D eigenvalue weighted by Crippen LogP contribution is 2.72. The van der Waals surface area contributed by atoms with Crippen molar-refractivity contribution >= 4 is 11.9 Å². The molecule has 9 heteroatoms. The summed E-state index contributed by atoms with van der Waals surface area (Å²) in [7, 11) is 1.66. The molecular formula is C34H46O9. The van der Waals surface area contributed by atoms with Gasteiger partial charge in [0.1, 0.15) is 12.2 Å². The number of aliphatic hydroxyl groups excluding tert-OH is 1. The number of ether oxygens (including phenoxy) is 5. The molecule has 3 aliphatic carbocycles. The van der Waals surface area contributed by atoms with Gasteiger partial charge in [-0.1, -0.05) is 32.4 Å². The maximum absolute atomic E-state index is 13.4. The Balaban J connectivity index is 1.55. The molecule has 0 aromatic carbocycles. The average Bonchev–Trinajstić information content (AvgIpc) is 3.68. The number of carbonyl (C=O) groups is 2. The summed E-state index contributed by atoms with van der Waals surface area (Å²) in [6.45, 7) is 13.8. The zero-order valence-corrected chi connectivity index (χ0v) is 26.5. The SMILES string of the molecule is C/C=C(\C)C(=O)O[C@H]1C[C@@H](OC(C)=O)[C@@]2(C)CO[C@H]3[C@@H](O)[C@@]4(C)C5=C(C)[C@H](c6ccoc6)C[C@H]5O[C@@H](OC)C[C@@H]4[C@]1(C)[C@@H]32. The number of furan rings is 1. The second-order valence-corrected chi connectivity index (χ2v) is 14.1. The molecule has 5 aliphatic rings. The van der Waals surface area contributed by atoms with Gasteiger partial charge in [0.25, 0.3) is 0 Å². The van der Waals surface area contributed by atoms with Gasteiger partial charge < -0.3 is 33.2 Å². The normalized spacial score (nSPS) is 45.6. The Bertz CT molecular complexity index is 1330. The first-order valence-electron chi connectivity index (χ1n) is 15.5. The Labute approximate surface area is 253 Å². The lowest BCUT2D eigenvalue weighted by Crippen LogP contribution is -2.71. The largest absolute Gasteiger partial charge is 0.472 e. The molecular weight excluding hydrogens is 552 g/mol. The molecule has 1 aromatic heterocycles. The lowest BCUT2D eigenvalue weighted by molar-refractivity contribution is -0.259. The van der Waals surface area contributed by atoms with Crippen LogP contribution in [0.1, 0.15) is 79.2 Å². The highest BCUT2D eigenvalue weighted by Gasteiger charge is 2.76. The summed E-state index contributed by atoms with van der Waals surface area (Å²) in [5.41, 5.74) is 1.75. The van der Waals surface area contributed by atoms with Gasteiger partial charge in [0, 0.05) is 60.5 Å². The van der Waals surface area contributed by atoms with E-state index in [1.807, 2.05) is 13.0 Å². The summed E-state index contributed by atoms with van der Waals surface area (Å²) in [6, 6.07) is 1.99. The van der Waals surface area contributed by atoms with Crippen molar-refractivity contribution in [2.75, 3.05) is 13.7 Å². The Kier molecular flexibility index (Phi) is 7.51. The molecule has 0 unspecified atom stereocenters. The van der Waals surface area contributed by atoms with Crippen LogP contribution in [0.25, 0.3) is 0 Å². The second-order valence-electron chi connectivity index (χ2n) is 14.1. The van der Waals surface area contributed by atoms with Crippen molar-refractivity contribution in [2.45, 2.75) is 110 Å². The fourth-order valence-corrected chi connectivity index (χ4v) is 10.1. The molecule has 0 spiro atoms. The van der Waals surface area contributed by atoms with Crippen LogP contribution in [-0.2, 0) is 33.3 Å². The van der Waals surface area contributed by atoms with Gasteiger partial charge >= 0.3 is 11.9 Å². The molecule has 1 aromatic rings. The van der Waals surface area contributed by atoms with E-state index in [2.05, 4.69) is 27.7 Å². The molecule has 2 saturated carbocycles. The summed E-state index contributed by atoms with van der Waals surface area (Å²) in [6.07, 6.45) is 3.36. The van der Waals surface area contributed by atoms with Crippen molar-refractivity contribution in [1.82, 2.24) is 0 Å². The third-order valence-electron chi connectivity index (χ3n) is 12.1. The van der Waals surface area contributed by atoms with Crippen LogP contribution >= 0.6 is 0 Å². The van der Waals surface area contributed by atoms with Crippen molar-refractivity contribution in [3.63, 3.8) is 0 Å². The highest BCUT2D eigenvalue weighted by atomic mass is 16.7. The zero-order valence-electron chi connectivity index (χ0n) is 26.5. The van der Waals surface area contributed by atoms with Crippen LogP contribution in [-0.4, -0.2) is 67.6 Å². The molecule has 236 valence electrons. The molecule has 3 heterocycles. The van der Waals surface area contributed by atoms with Gasteiger partial charge in [0.15, 0.2) is 6.29 Å². The van der Waals surface area contributed by atoms with E-state index >= 15 is 0 Å². The summed E-state index contributed by atoms with van der Waals surface area (Å²) >= 11 is 0. The molecule has 1 N–H and O–H groups in total. The number of carbonyl (C=O) groups excluding carboxylic acids is 2. The monoisotopic (exact) mass is 598 g/mol. The van der Waals surface area contributed by atoms with Crippen molar-refractivity contribution in [2.24, 2.45) is 28.1 Å². The smallest absolute Gasteiger partial charge is 0.333 e. The predicted octanol–water partition coefficient (Wildman–Crippen LogP) is 5.08. The van der Waals surface area contributed by atoms with Gasteiger partial charge in [-0.25, -0.2) is 4.79 Å². The summed E-state index contributed by atoms with van der Waals surface area (Å²) in [5.74, 6) is -1.20. The standard InChI is InChI=1S/C34H46O9/c1-9-17(2)31(37)43-25-14-24(41-19(4)35)32(5)16-40-28-29(32)33(25,6)23-13-26(38-8)42-22-12-21(20-10-11-39-15-20)18(3)27(22)34(23,7)30(28)36/h9-11,15,21-26,28-30,36H,12-14,16H2,1-8H3/b17-9+/t21-,22-,23-,24-,25+,26-,28-,29+,30-,32-,33+,34-/m1/s1. The van der Waals surface area contributed by atoms with Gasteiger partial charge in [-0.05, 0) is 50.3 Å². The number of hydrogen-bond donors (Lipinski definition) is 1. The summed E-state index contributed by atoms with van der Waals surface area (Å²) < 4.78 is 37.1. The minimum Gasteiger partial charge on any atom is -0.472 e. The van der Waals surface area contributed by atoms with Gasteiger partial charge in [-0.3, -0.25) is 4.79 Å². The Morgan fingerprint density at radius 2 is 1.84 bits per heavy atom. The first kappa shape index (κ1) is 30.6. The van der Waals surface area contributed by atoms with Crippen LogP contribution < -0.4 is 0 Å². The van der Waals surface area contributed by atoms with Gasteiger partial charge in [-0.15, -0.1) is 0 Å². The summed E-state index contributed by atoms with van der Waals surface area (Å²) in [5, 5.41) is 12.5. The number of rotatable bonds is 5. The van der Waals surface area contributed by atoms with E-state index in [-0.39, 0.29) is 23.9 Å². The molecule has 9 nitrogen and oxygen atoms in total. The van der Waals surface area contributed by atoms with Crippen molar-refractivity contribution in [1.29, 1.82) is 0 Å². The van der Waals surface area contributed by atoms with Crippen molar-refractivity contribution in [3.05, 3.63) is 47.0 Å². The maximum atomic E-state index is 13.4. The summed E-state index contributed by atoms with van der Waals surface area (Å²) in [4.78, 5) is 25.7.